The van der Waals surface area contributed by atoms with Crippen molar-refractivity contribution in [3.05, 3.63) is 64.1 Å². The minimum absolute atomic E-state index is 0.0514. The van der Waals surface area contributed by atoms with Crippen molar-refractivity contribution in [2.75, 3.05) is 31.1 Å². The smallest absolute Gasteiger partial charge is 0.253 e. The molecular formula is C17H16Cl2N2O. The molecule has 1 aliphatic heterocycles. The molecule has 0 spiro atoms. The number of anilines is 1. The SMILES string of the molecule is O=C(c1ccc(Cl)cc1)N1CCN(c2ccccc2Cl)CC1. The Morgan fingerprint density at radius 3 is 2.14 bits per heavy atom. The van der Waals surface area contributed by atoms with Crippen LogP contribution in [0.1, 0.15) is 10.4 Å². The van der Waals surface area contributed by atoms with Crippen LogP contribution in [-0.2, 0) is 0 Å². The van der Waals surface area contributed by atoms with Crippen LogP contribution in [0.5, 0.6) is 0 Å². The molecule has 0 aliphatic carbocycles. The van der Waals surface area contributed by atoms with Gasteiger partial charge in [0, 0.05) is 36.8 Å². The number of benzene rings is 2. The molecule has 0 bridgehead atoms. The van der Waals surface area contributed by atoms with Crippen LogP contribution in [0.4, 0.5) is 5.69 Å². The average molecular weight is 335 g/mol. The van der Waals surface area contributed by atoms with Gasteiger partial charge >= 0.3 is 0 Å². The van der Waals surface area contributed by atoms with E-state index in [9.17, 15) is 4.79 Å². The van der Waals surface area contributed by atoms with Crippen LogP contribution in [0.15, 0.2) is 48.5 Å². The van der Waals surface area contributed by atoms with Crippen LogP contribution in [-0.4, -0.2) is 37.0 Å². The second-order valence-electron chi connectivity index (χ2n) is 5.24. The first-order valence-corrected chi connectivity index (χ1v) is 7.95. The summed E-state index contributed by atoms with van der Waals surface area (Å²) in [7, 11) is 0. The van der Waals surface area contributed by atoms with Gasteiger partial charge in [0.15, 0.2) is 0 Å². The topological polar surface area (TPSA) is 23.6 Å². The fraction of sp³-hybridized carbons (Fsp3) is 0.235. The van der Waals surface area contributed by atoms with Crippen LogP contribution in [0.2, 0.25) is 10.0 Å². The van der Waals surface area contributed by atoms with Crippen LogP contribution < -0.4 is 4.90 Å². The highest BCUT2D eigenvalue weighted by molar-refractivity contribution is 6.33. The Kier molecular flexibility index (Phi) is 4.55. The molecule has 1 fully saturated rings. The molecule has 0 atom stereocenters. The van der Waals surface area contributed by atoms with Crippen molar-refractivity contribution in [2.45, 2.75) is 0 Å². The number of hydrogen-bond donors (Lipinski definition) is 0. The number of piperazine rings is 1. The predicted molar refractivity (Wildman–Crippen MR) is 91.0 cm³/mol. The molecular weight excluding hydrogens is 319 g/mol. The Bertz CT molecular complexity index is 665. The number of rotatable bonds is 2. The van der Waals surface area contributed by atoms with Gasteiger partial charge in [-0.15, -0.1) is 0 Å². The highest BCUT2D eigenvalue weighted by Crippen LogP contribution is 2.26. The summed E-state index contributed by atoms with van der Waals surface area (Å²) in [5, 5.41) is 1.39. The highest BCUT2D eigenvalue weighted by atomic mass is 35.5. The predicted octanol–water partition coefficient (Wildman–Crippen LogP) is 3.96. The second kappa shape index (κ2) is 6.59. The Morgan fingerprint density at radius 2 is 1.50 bits per heavy atom. The maximum Gasteiger partial charge on any atom is 0.253 e. The van der Waals surface area contributed by atoms with Crippen LogP contribution in [0, 0.1) is 0 Å². The first kappa shape index (κ1) is 15.2. The first-order valence-electron chi connectivity index (χ1n) is 7.19. The third-order valence-electron chi connectivity index (χ3n) is 3.85. The summed E-state index contributed by atoms with van der Waals surface area (Å²) >= 11 is 12.1. The van der Waals surface area contributed by atoms with Gasteiger partial charge in [0.2, 0.25) is 0 Å². The van der Waals surface area contributed by atoms with E-state index in [1.807, 2.05) is 29.2 Å². The molecule has 2 aromatic rings. The largest absolute Gasteiger partial charge is 0.367 e. The molecule has 0 radical (unpaired) electrons. The average Bonchev–Trinajstić information content (AvgIpc) is 2.56. The van der Waals surface area contributed by atoms with E-state index in [1.165, 1.54) is 0 Å². The molecule has 0 unspecified atom stereocenters. The molecule has 2 aromatic carbocycles. The molecule has 5 heteroatoms. The van der Waals surface area contributed by atoms with Crippen molar-refractivity contribution in [3.8, 4) is 0 Å². The maximum atomic E-state index is 12.5. The molecule has 0 saturated carbocycles. The van der Waals surface area contributed by atoms with Crippen molar-refractivity contribution in [3.63, 3.8) is 0 Å². The molecule has 114 valence electrons. The third-order valence-corrected chi connectivity index (χ3v) is 4.42. The van der Waals surface area contributed by atoms with Crippen LogP contribution in [0.3, 0.4) is 0 Å². The molecule has 1 amide bonds. The van der Waals surface area contributed by atoms with Gasteiger partial charge in [-0.3, -0.25) is 4.79 Å². The van der Waals surface area contributed by atoms with Gasteiger partial charge in [-0.05, 0) is 36.4 Å². The number of carbonyl (C=O) groups excluding carboxylic acids is 1. The van der Waals surface area contributed by atoms with Gasteiger partial charge in [-0.25, -0.2) is 0 Å². The lowest BCUT2D eigenvalue weighted by Gasteiger charge is -2.36. The minimum atomic E-state index is 0.0514. The molecule has 1 heterocycles. The van der Waals surface area contributed by atoms with Gasteiger partial charge in [0.25, 0.3) is 5.91 Å². The van der Waals surface area contributed by atoms with E-state index in [1.54, 1.807) is 24.3 Å². The number of halogens is 2. The van der Waals surface area contributed by atoms with E-state index in [-0.39, 0.29) is 5.91 Å². The van der Waals surface area contributed by atoms with E-state index in [0.717, 1.165) is 23.8 Å². The van der Waals surface area contributed by atoms with E-state index >= 15 is 0 Å². The molecule has 3 nitrogen and oxygen atoms in total. The van der Waals surface area contributed by atoms with Gasteiger partial charge in [0.1, 0.15) is 0 Å². The molecule has 0 N–H and O–H groups in total. The zero-order valence-corrected chi connectivity index (χ0v) is 13.5. The summed E-state index contributed by atoms with van der Waals surface area (Å²) in [6.45, 7) is 2.94. The summed E-state index contributed by atoms with van der Waals surface area (Å²) in [5.41, 5.74) is 1.71. The lowest BCUT2D eigenvalue weighted by Crippen LogP contribution is -2.48. The zero-order chi connectivity index (χ0) is 15.5. The monoisotopic (exact) mass is 334 g/mol. The number of amides is 1. The van der Waals surface area contributed by atoms with Gasteiger partial charge in [0.05, 0.1) is 10.7 Å². The standard InChI is InChI=1S/C17H16Cl2N2O/c18-14-7-5-13(6-8-14)17(22)21-11-9-20(10-12-21)16-4-2-1-3-15(16)19/h1-8H,9-12H2. The zero-order valence-electron chi connectivity index (χ0n) is 12.0. The van der Waals surface area contributed by atoms with E-state index in [4.69, 9.17) is 23.2 Å². The molecule has 22 heavy (non-hydrogen) atoms. The number of hydrogen-bond acceptors (Lipinski definition) is 2. The van der Waals surface area contributed by atoms with Gasteiger partial charge in [-0.1, -0.05) is 35.3 Å². The van der Waals surface area contributed by atoms with Crippen LogP contribution in [0.25, 0.3) is 0 Å². The normalized spacial score (nSPS) is 15.0. The quantitative estimate of drug-likeness (QED) is 0.829. The molecule has 1 saturated heterocycles. The summed E-state index contributed by atoms with van der Waals surface area (Å²) < 4.78 is 0. The lowest BCUT2D eigenvalue weighted by molar-refractivity contribution is 0.0747. The van der Waals surface area contributed by atoms with Crippen molar-refractivity contribution in [1.82, 2.24) is 4.90 Å². The highest BCUT2D eigenvalue weighted by Gasteiger charge is 2.23. The van der Waals surface area contributed by atoms with Gasteiger partial charge < -0.3 is 9.80 Å². The fourth-order valence-corrected chi connectivity index (χ4v) is 3.01. The van der Waals surface area contributed by atoms with E-state index in [0.29, 0.717) is 23.7 Å². The van der Waals surface area contributed by atoms with Crippen molar-refractivity contribution in [2.24, 2.45) is 0 Å². The number of carbonyl (C=O) groups is 1. The van der Waals surface area contributed by atoms with Crippen molar-refractivity contribution in [1.29, 1.82) is 0 Å². The summed E-state index contributed by atoms with van der Waals surface area (Å²) in [6.07, 6.45) is 0. The molecule has 1 aliphatic rings. The third kappa shape index (κ3) is 3.21. The van der Waals surface area contributed by atoms with Crippen molar-refractivity contribution < 1.29 is 4.79 Å². The number of para-hydroxylation sites is 1. The Hall–Kier alpha value is -1.71. The minimum Gasteiger partial charge on any atom is -0.367 e. The summed E-state index contributed by atoms with van der Waals surface area (Å²) in [4.78, 5) is 16.5. The molecule has 3 rings (SSSR count). The summed E-state index contributed by atoms with van der Waals surface area (Å²) in [6, 6.07) is 14.8. The maximum absolute atomic E-state index is 12.5. The second-order valence-corrected chi connectivity index (χ2v) is 6.08. The Balaban J connectivity index is 1.65. The van der Waals surface area contributed by atoms with Crippen molar-refractivity contribution >= 4 is 34.8 Å². The summed E-state index contributed by atoms with van der Waals surface area (Å²) in [5.74, 6) is 0.0514. The Morgan fingerprint density at radius 1 is 0.864 bits per heavy atom. The molecule has 0 aromatic heterocycles. The fourth-order valence-electron chi connectivity index (χ4n) is 2.63. The first-order chi connectivity index (χ1) is 10.6. The van der Waals surface area contributed by atoms with E-state index < -0.39 is 0 Å². The lowest BCUT2D eigenvalue weighted by atomic mass is 10.1. The number of nitrogens with zero attached hydrogens (tertiary/aromatic N) is 2. The van der Waals surface area contributed by atoms with E-state index in [2.05, 4.69) is 4.90 Å². The van der Waals surface area contributed by atoms with Crippen LogP contribution >= 0.6 is 23.2 Å². The Labute approximate surface area is 140 Å². The van der Waals surface area contributed by atoms with Gasteiger partial charge in [-0.2, -0.15) is 0 Å².